The van der Waals surface area contributed by atoms with Gasteiger partial charge in [0.05, 0.1) is 11.1 Å². The van der Waals surface area contributed by atoms with Crippen LogP contribution in [0.2, 0.25) is 0 Å². The second-order valence-corrected chi connectivity index (χ2v) is 6.11. The fraction of sp³-hybridized carbons (Fsp3) is 0.235. The van der Waals surface area contributed by atoms with E-state index in [0.717, 1.165) is 5.69 Å². The summed E-state index contributed by atoms with van der Waals surface area (Å²) in [6, 6.07) is 7.09. The van der Waals surface area contributed by atoms with Crippen molar-refractivity contribution in [1.29, 1.82) is 0 Å². The van der Waals surface area contributed by atoms with Gasteiger partial charge in [-0.3, -0.25) is 14.9 Å². The first kappa shape index (κ1) is 16.2. The van der Waals surface area contributed by atoms with E-state index in [2.05, 4.69) is 10.3 Å². The largest absolute Gasteiger partial charge is 0.483 e. The zero-order valence-corrected chi connectivity index (χ0v) is 14.2. The Hall–Kier alpha value is -2.67. The monoisotopic (exact) mass is 343 g/mol. The Morgan fingerprint density at radius 3 is 2.88 bits per heavy atom. The van der Waals surface area contributed by atoms with Crippen LogP contribution in [0.1, 0.15) is 12.6 Å². The predicted molar refractivity (Wildman–Crippen MR) is 94.9 cm³/mol. The van der Waals surface area contributed by atoms with Crippen molar-refractivity contribution in [3.8, 4) is 5.75 Å². The van der Waals surface area contributed by atoms with Gasteiger partial charge in [0.2, 0.25) is 0 Å². The molecule has 0 fully saturated rings. The maximum Gasteiger partial charge on any atom is 0.264 e. The highest BCUT2D eigenvalue weighted by Crippen LogP contribution is 2.23. The molecule has 0 radical (unpaired) electrons. The van der Waals surface area contributed by atoms with Gasteiger partial charge in [0.15, 0.2) is 11.7 Å². The van der Waals surface area contributed by atoms with Crippen molar-refractivity contribution in [2.24, 2.45) is 0 Å². The molecular weight excluding hydrogens is 326 g/mol. The predicted octanol–water partition coefficient (Wildman–Crippen LogP) is 2.80. The number of pyridine rings is 1. The molecule has 3 rings (SSSR count). The van der Waals surface area contributed by atoms with Crippen LogP contribution in [0.25, 0.3) is 10.8 Å². The SMILES string of the molecule is CCn1ccc2c(OCC(=O)Nc3nc(C)cs3)cccc2c1=O. The molecule has 7 heteroatoms. The van der Waals surface area contributed by atoms with Crippen molar-refractivity contribution >= 4 is 33.1 Å². The summed E-state index contributed by atoms with van der Waals surface area (Å²) in [7, 11) is 0. The minimum atomic E-state index is -0.289. The molecule has 0 aliphatic rings. The molecule has 0 aliphatic heterocycles. The number of thiazole rings is 1. The van der Waals surface area contributed by atoms with Gasteiger partial charge in [0.25, 0.3) is 11.5 Å². The standard InChI is InChI=1S/C17H17N3O3S/c1-3-20-8-7-12-13(16(20)22)5-4-6-14(12)23-9-15(21)19-17-18-11(2)10-24-17/h4-8,10H,3,9H2,1-2H3,(H,18,19,21). The highest BCUT2D eigenvalue weighted by Gasteiger charge is 2.10. The van der Waals surface area contributed by atoms with E-state index in [9.17, 15) is 9.59 Å². The van der Waals surface area contributed by atoms with Crippen LogP contribution in [-0.2, 0) is 11.3 Å². The molecule has 0 saturated carbocycles. The van der Waals surface area contributed by atoms with Crippen LogP contribution in [0.3, 0.4) is 0 Å². The van der Waals surface area contributed by atoms with Gasteiger partial charge in [-0.15, -0.1) is 11.3 Å². The molecule has 3 aromatic rings. The number of carbonyl (C=O) groups excluding carboxylic acids is 1. The number of hydrogen-bond acceptors (Lipinski definition) is 5. The number of amides is 1. The zero-order chi connectivity index (χ0) is 17.1. The maximum atomic E-state index is 12.3. The quantitative estimate of drug-likeness (QED) is 0.773. The number of benzene rings is 1. The van der Waals surface area contributed by atoms with Crippen LogP contribution in [0.4, 0.5) is 5.13 Å². The Morgan fingerprint density at radius 1 is 1.33 bits per heavy atom. The summed E-state index contributed by atoms with van der Waals surface area (Å²) in [5.41, 5.74) is 0.792. The molecule has 2 aromatic heterocycles. The lowest BCUT2D eigenvalue weighted by atomic mass is 10.1. The lowest BCUT2D eigenvalue weighted by Gasteiger charge is -2.10. The highest BCUT2D eigenvalue weighted by atomic mass is 32.1. The first-order valence-corrected chi connectivity index (χ1v) is 8.43. The number of nitrogens with one attached hydrogen (secondary N) is 1. The third-order valence-electron chi connectivity index (χ3n) is 3.54. The third-order valence-corrected chi connectivity index (χ3v) is 4.42. The molecule has 0 saturated heterocycles. The van der Waals surface area contributed by atoms with E-state index in [4.69, 9.17) is 4.74 Å². The van der Waals surface area contributed by atoms with Gasteiger partial charge in [-0.25, -0.2) is 4.98 Å². The summed E-state index contributed by atoms with van der Waals surface area (Å²) in [4.78, 5) is 28.5. The Balaban J connectivity index is 1.77. The molecule has 124 valence electrons. The van der Waals surface area contributed by atoms with Crippen LogP contribution >= 0.6 is 11.3 Å². The fourth-order valence-electron chi connectivity index (χ4n) is 2.37. The number of aromatic nitrogens is 2. The van der Waals surface area contributed by atoms with E-state index >= 15 is 0 Å². The summed E-state index contributed by atoms with van der Waals surface area (Å²) in [6.45, 7) is 4.24. The van der Waals surface area contributed by atoms with E-state index in [1.807, 2.05) is 25.3 Å². The lowest BCUT2D eigenvalue weighted by molar-refractivity contribution is -0.118. The number of nitrogens with zero attached hydrogens (tertiary/aromatic N) is 2. The molecule has 0 aliphatic carbocycles. The Kier molecular flexibility index (Phi) is 4.61. The van der Waals surface area contributed by atoms with E-state index in [1.165, 1.54) is 11.3 Å². The van der Waals surface area contributed by atoms with Crippen LogP contribution < -0.4 is 15.6 Å². The average Bonchev–Trinajstić information content (AvgIpc) is 2.98. The molecule has 0 bridgehead atoms. The Morgan fingerprint density at radius 2 is 2.17 bits per heavy atom. The minimum Gasteiger partial charge on any atom is -0.483 e. The second-order valence-electron chi connectivity index (χ2n) is 5.26. The van der Waals surface area contributed by atoms with Crippen LogP contribution in [0, 0.1) is 6.92 Å². The van der Waals surface area contributed by atoms with Gasteiger partial charge in [-0.2, -0.15) is 0 Å². The molecule has 24 heavy (non-hydrogen) atoms. The van der Waals surface area contributed by atoms with Gasteiger partial charge in [0.1, 0.15) is 5.75 Å². The van der Waals surface area contributed by atoms with Crippen LogP contribution in [0.15, 0.2) is 40.6 Å². The topological polar surface area (TPSA) is 73.2 Å². The van der Waals surface area contributed by atoms with Crippen molar-refractivity contribution in [3.05, 3.63) is 51.9 Å². The summed E-state index contributed by atoms with van der Waals surface area (Å²) in [5.74, 6) is 0.224. The lowest BCUT2D eigenvalue weighted by Crippen LogP contribution is -2.21. The van der Waals surface area contributed by atoms with Crippen molar-refractivity contribution < 1.29 is 9.53 Å². The number of rotatable bonds is 5. The number of hydrogen-bond donors (Lipinski definition) is 1. The molecule has 2 heterocycles. The molecule has 1 N–H and O–H groups in total. The summed E-state index contributed by atoms with van der Waals surface area (Å²) >= 11 is 1.37. The van der Waals surface area contributed by atoms with E-state index in [1.54, 1.807) is 29.0 Å². The molecule has 0 atom stereocenters. The molecule has 0 unspecified atom stereocenters. The smallest absolute Gasteiger partial charge is 0.264 e. The number of anilines is 1. The number of fused-ring (bicyclic) bond motifs is 1. The van der Waals surface area contributed by atoms with Crippen molar-refractivity contribution in [2.75, 3.05) is 11.9 Å². The van der Waals surface area contributed by atoms with Gasteiger partial charge in [-0.1, -0.05) is 6.07 Å². The average molecular weight is 343 g/mol. The third kappa shape index (κ3) is 3.30. The summed E-state index contributed by atoms with van der Waals surface area (Å²) in [6.07, 6.45) is 1.73. The number of carbonyl (C=O) groups is 1. The fourth-order valence-corrected chi connectivity index (χ4v) is 3.08. The second kappa shape index (κ2) is 6.84. The molecule has 6 nitrogen and oxygen atoms in total. The Bertz CT molecular complexity index is 946. The highest BCUT2D eigenvalue weighted by molar-refractivity contribution is 7.13. The Labute approximate surface area is 142 Å². The van der Waals surface area contributed by atoms with E-state index < -0.39 is 0 Å². The van der Waals surface area contributed by atoms with Crippen LogP contribution in [0.5, 0.6) is 5.75 Å². The molecule has 0 spiro atoms. The number of ether oxygens (including phenoxy) is 1. The van der Waals surface area contributed by atoms with E-state index in [0.29, 0.717) is 28.2 Å². The van der Waals surface area contributed by atoms with Crippen LogP contribution in [-0.4, -0.2) is 22.1 Å². The first-order chi connectivity index (χ1) is 11.6. The van der Waals surface area contributed by atoms with E-state index in [-0.39, 0.29) is 18.1 Å². The molecular formula is C17H17N3O3S. The normalized spacial score (nSPS) is 10.8. The first-order valence-electron chi connectivity index (χ1n) is 7.55. The molecule has 1 aromatic carbocycles. The zero-order valence-electron chi connectivity index (χ0n) is 13.4. The maximum absolute atomic E-state index is 12.3. The van der Waals surface area contributed by atoms with Gasteiger partial charge < -0.3 is 9.30 Å². The summed E-state index contributed by atoms with van der Waals surface area (Å²) < 4.78 is 7.23. The summed E-state index contributed by atoms with van der Waals surface area (Å²) in [5, 5.41) is 6.37. The number of aryl methyl sites for hydroxylation is 2. The van der Waals surface area contributed by atoms with Gasteiger partial charge in [-0.05, 0) is 32.0 Å². The van der Waals surface area contributed by atoms with Crippen molar-refractivity contribution in [1.82, 2.24) is 9.55 Å². The van der Waals surface area contributed by atoms with Crippen molar-refractivity contribution in [2.45, 2.75) is 20.4 Å². The minimum absolute atomic E-state index is 0.0665. The van der Waals surface area contributed by atoms with Gasteiger partial charge >= 0.3 is 0 Å². The van der Waals surface area contributed by atoms with Crippen molar-refractivity contribution in [3.63, 3.8) is 0 Å². The molecule has 1 amide bonds. The van der Waals surface area contributed by atoms with Gasteiger partial charge in [0, 0.05) is 23.5 Å².